The van der Waals surface area contributed by atoms with E-state index in [1.807, 2.05) is 6.92 Å². The Bertz CT molecular complexity index is 1330. The van der Waals surface area contributed by atoms with E-state index in [2.05, 4.69) is 15.6 Å². The van der Waals surface area contributed by atoms with Crippen molar-refractivity contribution in [3.63, 3.8) is 0 Å². The van der Waals surface area contributed by atoms with Crippen LogP contribution in [0.4, 0.5) is 34.1 Å². The first-order valence-corrected chi connectivity index (χ1v) is 12.8. The van der Waals surface area contributed by atoms with Crippen molar-refractivity contribution in [1.82, 2.24) is 10.3 Å². The van der Waals surface area contributed by atoms with Gasteiger partial charge in [-0.25, -0.2) is 22.9 Å². The maximum Gasteiger partial charge on any atom is 0.501 e. The molecule has 4 amide bonds. The number of aromatic nitrogens is 1. The smallest absolute Gasteiger partial charge is 0.449 e. The van der Waals surface area contributed by atoms with Crippen LogP contribution in [-0.2, 0) is 25.8 Å². The predicted molar refractivity (Wildman–Crippen MR) is 124 cm³/mol. The van der Waals surface area contributed by atoms with Gasteiger partial charge in [0, 0.05) is 6.20 Å². The summed E-state index contributed by atoms with van der Waals surface area (Å²) in [4.78, 5) is 41.7. The standard InChI is InChI=1S/C23H23F3N4O6S/c1-2-3-10-36-21(33)28-18-13-27-9-8-14(18)11-15-12-22(15)19(31)30(20(32)29-22)16-4-6-17(7-5-16)37(34,35)23(24,25)26/h4-9,13,15H,2-3,10-12H2,1H3,(H,28,33)(H,29,32). The predicted octanol–water partition coefficient (Wildman–Crippen LogP) is 3.78. The number of pyridine rings is 1. The SMILES string of the molecule is CCCCOC(=O)Nc1cnccc1CC1CC12NC(=O)N(c1ccc(S(=O)(=O)C(F)(F)F)cc1)C2=O. The summed E-state index contributed by atoms with van der Waals surface area (Å²) in [5.41, 5.74) is -5.68. The average molecular weight is 541 g/mol. The zero-order valence-electron chi connectivity index (χ0n) is 19.5. The number of halogens is 3. The number of urea groups is 1. The number of benzene rings is 1. The number of carbonyl (C=O) groups is 3. The minimum atomic E-state index is -5.57. The monoisotopic (exact) mass is 540 g/mol. The minimum Gasteiger partial charge on any atom is -0.449 e. The summed E-state index contributed by atoms with van der Waals surface area (Å²) < 4.78 is 66.6. The number of hydrogen-bond acceptors (Lipinski definition) is 7. The number of rotatable bonds is 8. The second kappa shape index (κ2) is 9.65. The van der Waals surface area contributed by atoms with Crippen LogP contribution in [-0.4, -0.2) is 49.1 Å². The molecule has 2 aromatic rings. The number of amides is 4. The summed E-state index contributed by atoms with van der Waals surface area (Å²) in [7, 11) is -5.57. The highest BCUT2D eigenvalue weighted by Gasteiger charge is 2.67. The number of hydrogen-bond donors (Lipinski definition) is 2. The molecule has 10 nitrogen and oxygen atoms in total. The van der Waals surface area contributed by atoms with Gasteiger partial charge >= 0.3 is 17.6 Å². The van der Waals surface area contributed by atoms with E-state index in [0.717, 1.165) is 29.9 Å². The molecule has 1 aromatic heterocycles. The number of anilines is 2. The fraction of sp³-hybridized carbons (Fsp3) is 0.391. The lowest BCUT2D eigenvalue weighted by molar-refractivity contribution is -0.119. The van der Waals surface area contributed by atoms with Crippen molar-refractivity contribution < 1.29 is 40.7 Å². The van der Waals surface area contributed by atoms with Crippen molar-refractivity contribution in [3.05, 3.63) is 48.3 Å². The third-order valence-corrected chi connectivity index (χ3v) is 7.78. The number of unbranched alkanes of at least 4 members (excludes halogenated alkanes) is 1. The van der Waals surface area contributed by atoms with Crippen molar-refractivity contribution in [1.29, 1.82) is 0 Å². The Morgan fingerprint density at radius 1 is 1.24 bits per heavy atom. The highest BCUT2D eigenvalue weighted by atomic mass is 32.2. The molecule has 198 valence electrons. The van der Waals surface area contributed by atoms with Crippen molar-refractivity contribution in [2.24, 2.45) is 5.92 Å². The molecule has 1 aliphatic carbocycles. The summed E-state index contributed by atoms with van der Waals surface area (Å²) >= 11 is 0. The molecule has 2 unspecified atom stereocenters. The normalized spacial score (nSPS) is 21.2. The molecule has 1 saturated heterocycles. The van der Waals surface area contributed by atoms with Gasteiger partial charge in [0.25, 0.3) is 15.7 Å². The van der Waals surface area contributed by atoms with E-state index in [-0.39, 0.29) is 18.2 Å². The van der Waals surface area contributed by atoms with Crippen molar-refractivity contribution in [3.8, 4) is 0 Å². The third-order valence-electron chi connectivity index (χ3n) is 6.28. The minimum absolute atomic E-state index is 0.0627. The Morgan fingerprint density at radius 2 is 1.95 bits per heavy atom. The van der Waals surface area contributed by atoms with Crippen LogP contribution in [0.15, 0.2) is 47.6 Å². The van der Waals surface area contributed by atoms with E-state index < -0.39 is 43.8 Å². The van der Waals surface area contributed by atoms with Gasteiger partial charge in [-0.3, -0.25) is 15.1 Å². The third kappa shape index (κ3) is 4.97. The molecule has 1 spiro atoms. The molecule has 2 aliphatic rings. The van der Waals surface area contributed by atoms with Crippen molar-refractivity contribution in [2.75, 3.05) is 16.8 Å². The molecular formula is C23H23F3N4O6S. The fourth-order valence-electron chi connectivity index (χ4n) is 4.16. The zero-order chi connectivity index (χ0) is 27.0. The van der Waals surface area contributed by atoms with E-state index >= 15 is 0 Å². The summed E-state index contributed by atoms with van der Waals surface area (Å²) in [6.07, 6.45) is 4.53. The van der Waals surface area contributed by atoms with Gasteiger partial charge in [0.15, 0.2) is 0 Å². The van der Waals surface area contributed by atoms with Crippen LogP contribution in [0.3, 0.4) is 0 Å². The van der Waals surface area contributed by atoms with E-state index in [9.17, 15) is 36.0 Å². The first kappa shape index (κ1) is 26.4. The lowest BCUT2D eigenvalue weighted by Crippen LogP contribution is -2.35. The van der Waals surface area contributed by atoms with Gasteiger partial charge in [-0.2, -0.15) is 13.2 Å². The number of ether oxygens (including phenoxy) is 1. The van der Waals surface area contributed by atoms with Crippen molar-refractivity contribution in [2.45, 2.75) is 48.5 Å². The lowest BCUT2D eigenvalue weighted by Gasteiger charge is -2.15. The van der Waals surface area contributed by atoms with Crippen LogP contribution in [0.5, 0.6) is 0 Å². The Hall–Kier alpha value is -3.68. The summed E-state index contributed by atoms with van der Waals surface area (Å²) in [6.45, 7) is 2.23. The van der Waals surface area contributed by atoms with Gasteiger partial charge in [0.1, 0.15) is 5.54 Å². The highest BCUT2D eigenvalue weighted by molar-refractivity contribution is 7.92. The second-order valence-corrected chi connectivity index (χ2v) is 10.7. The molecule has 0 bridgehead atoms. The Balaban J connectivity index is 1.46. The number of imide groups is 1. The molecule has 1 aromatic carbocycles. The fourth-order valence-corrected chi connectivity index (χ4v) is 4.92. The van der Waals surface area contributed by atoms with E-state index in [1.54, 1.807) is 6.07 Å². The lowest BCUT2D eigenvalue weighted by atomic mass is 10.0. The Morgan fingerprint density at radius 3 is 2.59 bits per heavy atom. The zero-order valence-corrected chi connectivity index (χ0v) is 20.4. The first-order chi connectivity index (χ1) is 17.4. The van der Waals surface area contributed by atoms with Crippen LogP contribution in [0, 0.1) is 5.92 Å². The maximum absolute atomic E-state index is 13.2. The molecule has 2 atom stereocenters. The number of nitrogens with one attached hydrogen (secondary N) is 2. The molecule has 14 heteroatoms. The van der Waals surface area contributed by atoms with Gasteiger partial charge in [-0.05, 0) is 61.1 Å². The summed E-state index contributed by atoms with van der Waals surface area (Å²) in [5, 5.41) is 5.28. The number of carbonyl (C=O) groups excluding carboxylic acids is 3. The van der Waals surface area contributed by atoms with Gasteiger partial charge in [0.2, 0.25) is 0 Å². The van der Waals surface area contributed by atoms with E-state index in [4.69, 9.17) is 4.74 Å². The number of nitrogens with zero attached hydrogens (tertiary/aromatic N) is 2. The topological polar surface area (TPSA) is 135 Å². The molecule has 2 heterocycles. The van der Waals surface area contributed by atoms with Crippen LogP contribution in [0.2, 0.25) is 0 Å². The maximum atomic E-state index is 13.2. The van der Waals surface area contributed by atoms with Gasteiger partial charge in [-0.15, -0.1) is 0 Å². The van der Waals surface area contributed by atoms with Crippen molar-refractivity contribution >= 4 is 39.2 Å². The van der Waals surface area contributed by atoms with Gasteiger partial charge in [0.05, 0.1) is 29.1 Å². The number of alkyl halides is 3. The molecule has 4 rings (SSSR count). The highest BCUT2D eigenvalue weighted by Crippen LogP contribution is 2.50. The molecule has 0 radical (unpaired) electrons. The van der Waals surface area contributed by atoms with Crippen LogP contribution < -0.4 is 15.5 Å². The average Bonchev–Trinajstić information content (AvgIpc) is 3.45. The molecule has 2 fully saturated rings. The van der Waals surface area contributed by atoms with Gasteiger partial charge < -0.3 is 10.1 Å². The molecule has 37 heavy (non-hydrogen) atoms. The largest absolute Gasteiger partial charge is 0.501 e. The first-order valence-electron chi connectivity index (χ1n) is 11.4. The number of sulfone groups is 1. The molecule has 2 N–H and O–H groups in total. The van der Waals surface area contributed by atoms with Crippen LogP contribution >= 0.6 is 0 Å². The Labute approximate surface area is 210 Å². The van der Waals surface area contributed by atoms with E-state index in [0.29, 0.717) is 36.2 Å². The quantitative estimate of drug-likeness (QED) is 0.384. The summed E-state index contributed by atoms with van der Waals surface area (Å²) in [6, 6.07) is 4.24. The second-order valence-electron chi connectivity index (χ2n) is 8.74. The summed E-state index contributed by atoms with van der Waals surface area (Å²) in [5.74, 6) is -0.922. The van der Waals surface area contributed by atoms with E-state index in [1.165, 1.54) is 12.4 Å². The molecular weight excluding hydrogens is 517 g/mol. The molecule has 1 aliphatic heterocycles. The van der Waals surface area contributed by atoms with Crippen LogP contribution in [0.1, 0.15) is 31.7 Å². The molecule has 1 saturated carbocycles. The van der Waals surface area contributed by atoms with Crippen LogP contribution in [0.25, 0.3) is 0 Å². The van der Waals surface area contributed by atoms with Gasteiger partial charge in [-0.1, -0.05) is 13.3 Å². The Kier molecular flexibility index (Phi) is 6.88.